The number of fused-ring (bicyclic) bond motifs is 2. The third-order valence-corrected chi connectivity index (χ3v) is 4.28. The van der Waals surface area contributed by atoms with Crippen molar-refractivity contribution >= 4 is 5.97 Å². The van der Waals surface area contributed by atoms with Gasteiger partial charge in [0, 0.05) is 17.5 Å². The fourth-order valence-electron chi connectivity index (χ4n) is 3.11. The smallest absolute Gasteiger partial charge is 0.312 e. The normalized spacial score (nSPS) is 17.9. The molecule has 4 rings (SSSR count). The molecule has 2 aliphatic rings. The first-order chi connectivity index (χ1) is 11.7. The molecule has 2 heterocycles. The highest BCUT2D eigenvalue weighted by Crippen LogP contribution is 2.46. The van der Waals surface area contributed by atoms with Crippen LogP contribution in [0.5, 0.6) is 28.7 Å². The van der Waals surface area contributed by atoms with Crippen LogP contribution in [0, 0.1) is 0 Å². The summed E-state index contributed by atoms with van der Waals surface area (Å²) in [6, 6.07) is 9.24. The maximum Gasteiger partial charge on any atom is 0.312 e. The molecule has 0 aromatic heterocycles. The summed E-state index contributed by atoms with van der Waals surface area (Å²) in [6.45, 7) is 0.174. The highest BCUT2D eigenvalue weighted by atomic mass is 16.7. The highest BCUT2D eigenvalue weighted by Gasteiger charge is 2.32. The van der Waals surface area contributed by atoms with Crippen LogP contribution >= 0.6 is 0 Å². The Morgan fingerprint density at radius 3 is 2.46 bits per heavy atom. The zero-order valence-corrected chi connectivity index (χ0v) is 13.3. The number of methoxy groups -OCH3 is 2. The number of hydrogen-bond acceptors (Lipinski definition) is 6. The van der Waals surface area contributed by atoms with Gasteiger partial charge >= 0.3 is 5.97 Å². The van der Waals surface area contributed by atoms with Crippen molar-refractivity contribution in [3.63, 3.8) is 0 Å². The molecule has 0 radical (unpaired) electrons. The predicted molar refractivity (Wildman–Crippen MR) is 84.2 cm³/mol. The number of benzene rings is 2. The lowest BCUT2D eigenvalue weighted by Gasteiger charge is -2.25. The Morgan fingerprint density at radius 2 is 1.71 bits per heavy atom. The third-order valence-electron chi connectivity index (χ3n) is 4.28. The summed E-state index contributed by atoms with van der Waals surface area (Å²) in [6.07, 6.45) is 0.252. The van der Waals surface area contributed by atoms with Crippen molar-refractivity contribution in [3.8, 4) is 28.7 Å². The van der Waals surface area contributed by atoms with Crippen LogP contribution in [-0.4, -0.2) is 27.0 Å². The van der Waals surface area contributed by atoms with Crippen LogP contribution in [0.25, 0.3) is 0 Å². The molecule has 2 aromatic carbocycles. The molecule has 124 valence electrons. The van der Waals surface area contributed by atoms with E-state index >= 15 is 0 Å². The van der Waals surface area contributed by atoms with E-state index in [0.29, 0.717) is 28.7 Å². The Bertz CT molecular complexity index is 813. The number of hydrogen-bond donors (Lipinski definition) is 0. The number of carbonyl (C=O) groups excluding carboxylic acids is 1. The lowest BCUT2D eigenvalue weighted by Crippen LogP contribution is -2.21. The molecule has 0 fully saturated rings. The van der Waals surface area contributed by atoms with Crippen molar-refractivity contribution in [2.45, 2.75) is 12.3 Å². The van der Waals surface area contributed by atoms with Gasteiger partial charge in [0.05, 0.1) is 20.6 Å². The van der Waals surface area contributed by atoms with E-state index in [4.69, 9.17) is 23.7 Å². The van der Waals surface area contributed by atoms with Gasteiger partial charge in [0.2, 0.25) is 6.79 Å². The van der Waals surface area contributed by atoms with Crippen LogP contribution in [0.4, 0.5) is 0 Å². The zero-order valence-electron chi connectivity index (χ0n) is 13.3. The summed E-state index contributed by atoms with van der Waals surface area (Å²) in [5, 5.41) is 0. The van der Waals surface area contributed by atoms with Gasteiger partial charge < -0.3 is 23.7 Å². The van der Waals surface area contributed by atoms with Gasteiger partial charge in [-0.05, 0) is 23.8 Å². The fourth-order valence-corrected chi connectivity index (χ4v) is 3.11. The number of ether oxygens (including phenoxy) is 5. The standard InChI is InChI=1S/C18H16O6/c1-20-13-4-3-10(5-15(13)21-2)11-7-18(19)24-14-8-17-16(6-12(11)14)22-9-23-17/h3-6,8,11H,7,9H2,1-2H3/t11-/m1/s1. The van der Waals surface area contributed by atoms with Gasteiger partial charge in [-0.2, -0.15) is 0 Å². The molecule has 0 spiro atoms. The number of rotatable bonds is 3. The van der Waals surface area contributed by atoms with Crippen molar-refractivity contribution < 1.29 is 28.5 Å². The minimum Gasteiger partial charge on any atom is -0.493 e. The monoisotopic (exact) mass is 328 g/mol. The maximum absolute atomic E-state index is 12.0. The fraction of sp³-hybridized carbons (Fsp3) is 0.278. The van der Waals surface area contributed by atoms with E-state index in [1.54, 1.807) is 20.3 Å². The van der Waals surface area contributed by atoms with E-state index in [1.165, 1.54) is 0 Å². The third kappa shape index (κ3) is 2.31. The first-order valence-corrected chi connectivity index (χ1v) is 7.55. The van der Waals surface area contributed by atoms with E-state index < -0.39 is 0 Å². The van der Waals surface area contributed by atoms with Crippen molar-refractivity contribution in [1.82, 2.24) is 0 Å². The first kappa shape index (κ1) is 14.7. The summed E-state index contributed by atoms with van der Waals surface area (Å²) in [7, 11) is 3.17. The lowest BCUT2D eigenvalue weighted by atomic mass is 9.86. The van der Waals surface area contributed by atoms with Gasteiger partial charge in [0.1, 0.15) is 5.75 Å². The van der Waals surface area contributed by atoms with Crippen molar-refractivity contribution in [2.75, 3.05) is 21.0 Å². The average molecular weight is 328 g/mol. The van der Waals surface area contributed by atoms with E-state index in [1.807, 2.05) is 24.3 Å². The van der Waals surface area contributed by atoms with Gasteiger partial charge in [-0.1, -0.05) is 6.07 Å². The maximum atomic E-state index is 12.0. The minimum absolute atomic E-state index is 0.143. The molecule has 1 atom stereocenters. The Kier molecular flexibility index (Phi) is 3.45. The Hall–Kier alpha value is -2.89. The molecule has 0 saturated carbocycles. The second-order valence-corrected chi connectivity index (χ2v) is 5.59. The Morgan fingerprint density at radius 1 is 0.958 bits per heavy atom. The van der Waals surface area contributed by atoms with Crippen LogP contribution in [0.2, 0.25) is 0 Å². The van der Waals surface area contributed by atoms with E-state index in [0.717, 1.165) is 11.1 Å². The SMILES string of the molecule is COc1ccc([C@H]2CC(=O)Oc3cc4c(cc32)OCO4)cc1OC. The molecular weight excluding hydrogens is 312 g/mol. The molecular formula is C18H16O6. The predicted octanol–water partition coefficient (Wildman–Crippen LogP) is 2.87. The summed E-state index contributed by atoms with van der Waals surface area (Å²) in [4.78, 5) is 12.0. The van der Waals surface area contributed by atoms with Crippen molar-refractivity contribution in [2.24, 2.45) is 0 Å². The van der Waals surface area contributed by atoms with E-state index in [2.05, 4.69) is 0 Å². The van der Waals surface area contributed by atoms with E-state index in [-0.39, 0.29) is 25.1 Å². The number of carbonyl (C=O) groups is 1. The Balaban J connectivity index is 1.81. The summed E-state index contributed by atoms with van der Waals surface area (Å²) in [5.41, 5.74) is 1.84. The zero-order chi connectivity index (χ0) is 16.7. The molecule has 2 aromatic rings. The van der Waals surface area contributed by atoms with Crippen molar-refractivity contribution in [1.29, 1.82) is 0 Å². The number of esters is 1. The minimum atomic E-state index is -0.277. The summed E-state index contributed by atoms with van der Waals surface area (Å²) < 4.78 is 26.8. The second kappa shape index (κ2) is 5.63. The van der Waals surface area contributed by atoms with Crippen LogP contribution in [0.3, 0.4) is 0 Å². The van der Waals surface area contributed by atoms with Crippen LogP contribution in [-0.2, 0) is 4.79 Å². The first-order valence-electron chi connectivity index (χ1n) is 7.55. The molecule has 24 heavy (non-hydrogen) atoms. The van der Waals surface area contributed by atoms with Crippen LogP contribution < -0.4 is 23.7 Å². The summed E-state index contributed by atoms with van der Waals surface area (Å²) >= 11 is 0. The van der Waals surface area contributed by atoms with Gasteiger partial charge in [0.25, 0.3) is 0 Å². The molecule has 2 aliphatic heterocycles. The van der Waals surface area contributed by atoms with Gasteiger partial charge in [-0.3, -0.25) is 4.79 Å². The van der Waals surface area contributed by atoms with Gasteiger partial charge in [0.15, 0.2) is 23.0 Å². The van der Waals surface area contributed by atoms with Gasteiger partial charge in [-0.15, -0.1) is 0 Å². The van der Waals surface area contributed by atoms with Gasteiger partial charge in [-0.25, -0.2) is 0 Å². The molecule has 0 amide bonds. The second-order valence-electron chi connectivity index (χ2n) is 5.59. The van der Waals surface area contributed by atoms with Crippen LogP contribution in [0.1, 0.15) is 23.5 Å². The average Bonchev–Trinajstić information content (AvgIpc) is 3.05. The quantitative estimate of drug-likeness (QED) is 0.638. The van der Waals surface area contributed by atoms with E-state index in [9.17, 15) is 4.79 Å². The Labute approximate surface area is 138 Å². The molecule has 6 heteroatoms. The lowest BCUT2D eigenvalue weighted by molar-refractivity contribution is -0.135. The molecule has 0 saturated heterocycles. The largest absolute Gasteiger partial charge is 0.493 e. The summed E-state index contributed by atoms with van der Waals surface area (Å²) in [5.74, 6) is 2.61. The molecule has 0 N–H and O–H groups in total. The molecule has 0 bridgehead atoms. The molecule has 0 unspecified atom stereocenters. The topological polar surface area (TPSA) is 63.2 Å². The van der Waals surface area contributed by atoms with Crippen molar-refractivity contribution in [3.05, 3.63) is 41.5 Å². The van der Waals surface area contributed by atoms with Crippen LogP contribution in [0.15, 0.2) is 30.3 Å². The highest BCUT2D eigenvalue weighted by molar-refractivity contribution is 5.78. The molecule has 6 nitrogen and oxygen atoms in total. The molecule has 0 aliphatic carbocycles.